The molecule has 0 atom stereocenters. The van der Waals surface area contributed by atoms with E-state index in [9.17, 15) is 0 Å². The molecule has 0 aliphatic heterocycles. The van der Waals surface area contributed by atoms with Crippen molar-refractivity contribution in [3.05, 3.63) is 248 Å². The van der Waals surface area contributed by atoms with Crippen molar-refractivity contribution in [2.45, 2.75) is 19.3 Å². The van der Waals surface area contributed by atoms with Crippen LogP contribution in [0, 0.1) is 0 Å². The Kier molecular flexibility index (Phi) is 9.28. The molecule has 0 radical (unpaired) electrons. The summed E-state index contributed by atoms with van der Waals surface area (Å²) in [5.74, 6) is 0. The molecule has 0 spiro atoms. The fourth-order valence-electron chi connectivity index (χ4n) is 9.51. The van der Waals surface area contributed by atoms with Crippen molar-refractivity contribution in [3.8, 4) is 33.4 Å². The van der Waals surface area contributed by atoms with Gasteiger partial charge < -0.3 is 4.90 Å². The van der Waals surface area contributed by atoms with E-state index in [2.05, 4.69) is 255 Å². The summed E-state index contributed by atoms with van der Waals surface area (Å²) in [6.07, 6.45) is 0. The molecule has 0 aromatic heterocycles. The summed E-state index contributed by atoms with van der Waals surface area (Å²) in [7, 11) is -2.59. The van der Waals surface area contributed by atoms with Crippen LogP contribution in [0.1, 0.15) is 25.0 Å². The maximum absolute atomic E-state index is 2.59. The highest BCUT2D eigenvalue weighted by atomic mass is 28.3. The maximum atomic E-state index is 2.40. The van der Waals surface area contributed by atoms with Crippen LogP contribution in [0.4, 0.5) is 17.1 Å². The van der Waals surface area contributed by atoms with Gasteiger partial charge in [0.15, 0.2) is 8.07 Å². The number of hydrogen-bond donors (Lipinski definition) is 0. The van der Waals surface area contributed by atoms with Gasteiger partial charge in [-0.05, 0) is 102 Å². The SMILES string of the molecule is CC1(C)c2ccccc2-c2cc(N(c3ccc(-c4ccccc4)cc3)c3ccc(-c4ccc([Si](c5ccccc5)(c5ccccc5)c5ccccc5)cc4)cc3)ccc21. The fourth-order valence-corrected chi connectivity index (χ4v) is 14.3. The second-order valence-electron chi connectivity index (χ2n) is 16.1. The summed E-state index contributed by atoms with van der Waals surface area (Å²) in [4.78, 5) is 2.40. The van der Waals surface area contributed by atoms with Gasteiger partial charge in [-0.1, -0.05) is 214 Å². The normalized spacial score (nSPS) is 12.7. The van der Waals surface area contributed by atoms with Crippen LogP contribution in [-0.4, -0.2) is 8.07 Å². The van der Waals surface area contributed by atoms with E-state index >= 15 is 0 Å². The molecule has 282 valence electrons. The molecule has 9 aromatic carbocycles. The first-order valence-corrected chi connectivity index (χ1v) is 22.6. The highest BCUT2D eigenvalue weighted by Gasteiger charge is 2.41. The Hall–Kier alpha value is -7.00. The van der Waals surface area contributed by atoms with Crippen molar-refractivity contribution in [2.24, 2.45) is 0 Å². The number of anilines is 3. The number of rotatable bonds is 9. The second kappa shape index (κ2) is 15.1. The summed E-state index contributed by atoms with van der Waals surface area (Å²) in [5.41, 5.74) is 13.5. The second-order valence-corrected chi connectivity index (χ2v) is 19.9. The molecule has 0 heterocycles. The molecule has 2 heteroatoms. The summed E-state index contributed by atoms with van der Waals surface area (Å²) < 4.78 is 0. The van der Waals surface area contributed by atoms with E-state index in [1.165, 1.54) is 65.3 Å². The van der Waals surface area contributed by atoms with Crippen molar-refractivity contribution in [1.82, 2.24) is 0 Å². The molecule has 0 fully saturated rings. The van der Waals surface area contributed by atoms with Gasteiger partial charge in [0, 0.05) is 22.5 Å². The van der Waals surface area contributed by atoms with Crippen molar-refractivity contribution in [2.75, 3.05) is 4.90 Å². The Morgan fingerprint density at radius 3 is 1.15 bits per heavy atom. The van der Waals surface area contributed by atoms with Crippen LogP contribution >= 0.6 is 0 Å². The highest BCUT2D eigenvalue weighted by Crippen LogP contribution is 2.50. The Morgan fingerprint density at radius 2 is 0.661 bits per heavy atom. The van der Waals surface area contributed by atoms with Crippen LogP contribution in [0.3, 0.4) is 0 Å². The quantitative estimate of drug-likeness (QED) is 0.104. The van der Waals surface area contributed by atoms with Crippen LogP contribution < -0.4 is 25.6 Å². The summed E-state index contributed by atoms with van der Waals surface area (Å²) in [6.45, 7) is 4.69. The predicted molar refractivity (Wildman–Crippen MR) is 253 cm³/mol. The molecule has 59 heavy (non-hydrogen) atoms. The minimum absolute atomic E-state index is 0.0464. The van der Waals surface area contributed by atoms with Crippen LogP contribution in [-0.2, 0) is 5.41 Å². The molecule has 1 aliphatic rings. The first-order chi connectivity index (χ1) is 29.0. The minimum atomic E-state index is -2.59. The molecule has 0 saturated heterocycles. The zero-order chi connectivity index (χ0) is 39.8. The van der Waals surface area contributed by atoms with Gasteiger partial charge in [0.05, 0.1) is 0 Å². The number of hydrogen-bond acceptors (Lipinski definition) is 1. The monoisotopic (exact) mass is 771 g/mol. The zero-order valence-electron chi connectivity index (χ0n) is 33.5. The number of fused-ring (bicyclic) bond motifs is 3. The van der Waals surface area contributed by atoms with Gasteiger partial charge in [-0.25, -0.2) is 0 Å². The van der Waals surface area contributed by atoms with Gasteiger partial charge in [-0.15, -0.1) is 0 Å². The molecule has 10 rings (SSSR count). The molecular formula is C57H45NSi. The zero-order valence-corrected chi connectivity index (χ0v) is 34.5. The lowest BCUT2D eigenvalue weighted by Gasteiger charge is -2.34. The van der Waals surface area contributed by atoms with Gasteiger partial charge in [0.1, 0.15) is 0 Å². The first-order valence-electron chi connectivity index (χ1n) is 20.6. The lowest BCUT2D eigenvalue weighted by molar-refractivity contribution is 0.660. The molecule has 1 aliphatic carbocycles. The Bertz CT molecular complexity index is 2750. The Morgan fingerprint density at radius 1 is 0.305 bits per heavy atom. The van der Waals surface area contributed by atoms with Gasteiger partial charge in [-0.2, -0.15) is 0 Å². The van der Waals surface area contributed by atoms with Crippen molar-refractivity contribution in [3.63, 3.8) is 0 Å². The minimum Gasteiger partial charge on any atom is -0.310 e. The smallest absolute Gasteiger partial charge is 0.179 e. The summed E-state index contributed by atoms with van der Waals surface area (Å²) >= 11 is 0. The maximum Gasteiger partial charge on any atom is 0.179 e. The standard InChI is InChI=1S/C57H45NSi/c1-57(2)55-26-16-15-25-53(55)54-41-48(37-40-56(54)57)58(46-33-27-43(28-34-46)42-17-7-3-8-18-42)47-35-29-44(30-36-47)45-31-38-52(39-32-45)59(49-19-9-4-10-20-49,50-21-11-5-12-22-50)51-23-13-6-14-24-51/h3-41H,1-2H3. The number of nitrogens with zero attached hydrogens (tertiary/aromatic N) is 1. The molecule has 1 nitrogen and oxygen atoms in total. The lowest BCUT2D eigenvalue weighted by Crippen LogP contribution is -2.74. The summed E-state index contributed by atoms with van der Waals surface area (Å²) in [5, 5.41) is 5.51. The third-order valence-electron chi connectivity index (χ3n) is 12.5. The van der Waals surface area contributed by atoms with Crippen molar-refractivity contribution >= 4 is 45.9 Å². The molecular weight excluding hydrogens is 727 g/mol. The third kappa shape index (κ3) is 6.34. The highest BCUT2D eigenvalue weighted by molar-refractivity contribution is 7.19. The van der Waals surface area contributed by atoms with E-state index in [4.69, 9.17) is 0 Å². The largest absolute Gasteiger partial charge is 0.310 e. The average Bonchev–Trinajstić information content (AvgIpc) is 3.54. The topological polar surface area (TPSA) is 3.24 Å². The Balaban J connectivity index is 1.05. The van der Waals surface area contributed by atoms with Crippen LogP contribution in [0.25, 0.3) is 33.4 Å². The molecule has 0 saturated carbocycles. The van der Waals surface area contributed by atoms with E-state index in [-0.39, 0.29) is 5.41 Å². The number of benzene rings is 9. The van der Waals surface area contributed by atoms with E-state index < -0.39 is 8.07 Å². The van der Waals surface area contributed by atoms with Crippen LogP contribution in [0.2, 0.25) is 0 Å². The van der Waals surface area contributed by atoms with Gasteiger partial charge in [0.25, 0.3) is 0 Å². The van der Waals surface area contributed by atoms with E-state index in [0.717, 1.165) is 17.1 Å². The fraction of sp³-hybridized carbons (Fsp3) is 0.0526. The predicted octanol–water partition coefficient (Wildman–Crippen LogP) is 12.2. The van der Waals surface area contributed by atoms with E-state index in [1.807, 2.05) is 0 Å². The van der Waals surface area contributed by atoms with E-state index in [1.54, 1.807) is 0 Å². The van der Waals surface area contributed by atoms with Crippen molar-refractivity contribution < 1.29 is 0 Å². The van der Waals surface area contributed by atoms with Crippen LogP contribution in [0.15, 0.2) is 237 Å². The van der Waals surface area contributed by atoms with Gasteiger partial charge >= 0.3 is 0 Å². The molecule has 0 N–H and O–H groups in total. The van der Waals surface area contributed by atoms with Crippen LogP contribution in [0.5, 0.6) is 0 Å². The first kappa shape index (κ1) is 36.3. The molecule has 0 amide bonds. The van der Waals surface area contributed by atoms with E-state index in [0.29, 0.717) is 0 Å². The van der Waals surface area contributed by atoms with Crippen molar-refractivity contribution in [1.29, 1.82) is 0 Å². The molecule has 0 unspecified atom stereocenters. The average molecular weight is 772 g/mol. The Labute approximate surface area is 349 Å². The molecule has 9 aromatic rings. The van der Waals surface area contributed by atoms with Gasteiger partial charge in [-0.3, -0.25) is 0 Å². The van der Waals surface area contributed by atoms with Gasteiger partial charge in [0.2, 0.25) is 0 Å². The lowest BCUT2D eigenvalue weighted by atomic mass is 9.82. The molecule has 0 bridgehead atoms. The third-order valence-corrected chi connectivity index (χ3v) is 17.3. The summed E-state index contributed by atoms with van der Waals surface area (Å²) in [6, 6.07) is 87.4.